The Morgan fingerprint density at radius 3 is 2.38 bits per heavy atom. The average Bonchev–Trinajstić information content (AvgIpc) is 2.42. The van der Waals surface area contributed by atoms with Crippen LogP contribution >= 0.6 is 39.1 Å². The minimum Gasteiger partial charge on any atom is -0.388 e. The van der Waals surface area contributed by atoms with Gasteiger partial charge in [-0.05, 0) is 41.5 Å². The highest BCUT2D eigenvalue weighted by molar-refractivity contribution is 9.10. The van der Waals surface area contributed by atoms with Gasteiger partial charge >= 0.3 is 0 Å². The van der Waals surface area contributed by atoms with Crippen LogP contribution in [0.25, 0.3) is 0 Å². The van der Waals surface area contributed by atoms with Gasteiger partial charge in [0.1, 0.15) is 5.82 Å². The van der Waals surface area contributed by atoms with Gasteiger partial charge in [-0.1, -0.05) is 45.2 Å². The van der Waals surface area contributed by atoms with E-state index in [1.807, 2.05) is 0 Å². The SMILES string of the molecule is NCC(c1ccc(Cl)c(Cl)c1)C(O)c1cc(F)cc(Br)c1. The summed E-state index contributed by atoms with van der Waals surface area (Å²) in [6.45, 7) is 0.188. The summed E-state index contributed by atoms with van der Waals surface area (Å²) in [7, 11) is 0. The van der Waals surface area contributed by atoms with Crippen LogP contribution in [0.15, 0.2) is 40.9 Å². The van der Waals surface area contributed by atoms with Gasteiger partial charge in [0.2, 0.25) is 0 Å². The van der Waals surface area contributed by atoms with Gasteiger partial charge in [0.15, 0.2) is 0 Å². The fourth-order valence-electron chi connectivity index (χ4n) is 2.17. The minimum atomic E-state index is -0.945. The van der Waals surface area contributed by atoms with E-state index in [0.29, 0.717) is 20.1 Å². The van der Waals surface area contributed by atoms with Crippen molar-refractivity contribution in [2.24, 2.45) is 5.73 Å². The second-order valence-electron chi connectivity index (χ2n) is 4.66. The zero-order chi connectivity index (χ0) is 15.6. The average molecular weight is 393 g/mol. The lowest BCUT2D eigenvalue weighted by atomic mass is 9.89. The molecule has 2 unspecified atom stereocenters. The zero-order valence-electron chi connectivity index (χ0n) is 10.9. The fraction of sp³-hybridized carbons (Fsp3) is 0.200. The van der Waals surface area contributed by atoms with Crippen LogP contribution < -0.4 is 5.73 Å². The van der Waals surface area contributed by atoms with Crippen molar-refractivity contribution in [1.29, 1.82) is 0 Å². The van der Waals surface area contributed by atoms with E-state index in [1.165, 1.54) is 12.1 Å². The van der Waals surface area contributed by atoms with Crippen molar-refractivity contribution in [3.8, 4) is 0 Å². The summed E-state index contributed by atoms with van der Waals surface area (Å²) in [5.74, 6) is -0.836. The summed E-state index contributed by atoms with van der Waals surface area (Å²) >= 11 is 15.1. The van der Waals surface area contributed by atoms with E-state index in [9.17, 15) is 9.50 Å². The third kappa shape index (κ3) is 3.96. The molecule has 0 aliphatic rings. The van der Waals surface area contributed by atoms with Crippen molar-refractivity contribution in [3.63, 3.8) is 0 Å². The molecule has 2 aromatic rings. The molecular formula is C15H13BrCl2FNO. The smallest absolute Gasteiger partial charge is 0.124 e. The molecule has 0 aromatic heterocycles. The Balaban J connectivity index is 2.37. The van der Waals surface area contributed by atoms with Crippen LogP contribution in [0, 0.1) is 5.82 Å². The molecule has 0 aliphatic heterocycles. The Bertz CT molecular complexity index is 633. The molecule has 0 saturated heterocycles. The molecule has 0 radical (unpaired) electrons. The molecule has 0 amide bonds. The molecule has 0 heterocycles. The molecule has 3 N–H and O–H groups in total. The topological polar surface area (TPSA) is 46.2 Å². The molecule has 2 aromatic carbocycles. The first-order chi connectivity index (χ1) is 9.92. The molecule has 2 nitrogen and oxygen atoms in total. The van der Waals surface area contributed by atoms with Crippen molar-refractivity contribution < 1.29 is 9.50 Å². The number of halogens is 4. The molecule has 112 valence electrons. The summed E-state index contributed by atoms with van der Waals surface area (Å²) in [5, 5.41) is 11.3. The first-order valence-corrected chi connectivity index (χ1v) is 7.76. The summed E-state index contributed by atoms with van der Waals surface area (Å²) in [4.78, 5) is 0. The summed E-state index contributed by atoms with van der Waals surface area (Å²) in [6.07, 6.45) is -0.945. The summed E-state index contributed by atoms with van der Waals surface area (Å²) < 4.78 is 14.0. The van der Waals surface area contributed by atoms with Gasteiger partial charge in [-0.2, -0.15) is 0 Å². The van der Waals surface area contributed by atoms with Gasteiger partial charge in [-0.3, -0.25) is 0 Å². The van der Waals surface area contributed by atoms with E-state index in [4.69, 9.17) is 28.9 Å². The monoisotopic (exact) mass is 391 g/mol. The predicted molar refractivity (Wildman–Crippen MR) is 87.3 cm³/mol. The van der Waals surface area contributed by atoms with Gasteiger partial charge < -0.3 is 10.8 Å². The molecule has 6 heteroatoms. The maximum atomic E-state index is 13.5. The Labute approximate surface area is 140 Å². The normalized spacial score (nSPS) is 14.0. The molecule has 0 saturated carbocycles. The van der Waals surface area contributed by atoms with Crippen LogP contribution in [-0.4, -0.2) is 11.7 Å². The number of nitrogens with two attached hydrogens (primary N) is 1. The van der Waals surface area contributed by atoms with Crippen molar-refractivity contribution in [3.05, 3.63) is 67.9 Å². The van der Waals surface area contributed by atoms with Crippen LogP contribution in [0.3, 0.4) is 0 Å². The highest BCUT2D eigenvalue weighted by atomic mass is 79.9. The van der Waals surface area contributed by atoms with Crippen LogP contribution in [-0.2, 0) is 0 Å². The van der Waals surface area contributed by atoms with Gasteiger partial charge in [-0.25, -0.2) is 4.39 Å². The molecule has 0 aliphatic carbocycles. The lowest BCUT2D eigenvalue weighted by Gasteiger charge is -2.23. The molecule has 0 fully saturated rings. The van der Waals surface area contributed by atoms with Crippen molar-refractivity contribution in [2.45, 2.75) is 12.0 Å². The lowest BCUT2D eigenvalue weighted by Crippen LogP contribution is -2.20. The third-order valence-corrected chi connectivity index (χ3v) is 4.43. The van der Waals surface area contributed by atoms with Crippen LogP contribution in [0.1, 0.15) is 23.1 Å². The fourth-order valence-corrected chi connectivity index (χ4v) is 2.96. The third-order valence-electron chi connectivity index (χ3n) is 3.23. The first kappa shape index (κ1) is 16.7. The molecule has 2 rings (SSSR count). The number of hydrogen-bond acceptors (Lipinski definition) is 2. The lowest BCUT2D eigenvalue weighted by molar-refractivity contribution is 0.147. The quantitative estimate of drug-likeness (QED) is 0.793. The van der Waals surface area contributed by atoms with Gasteiger partial charge in [0.25, 0.3) is 0 Å². The van der Waals surface area contributed by atoms with Crippen LogP contribution in [0.5, 0.6) is 0 Å². The van der Waals surface area contributed by atoms with Crippen LogP contribution in [0.4, 0.5) is 4.39 Å². The van der Waals surface area contributed by atoms with Gasteiger partial charge in [0, 0.05) is 16.9 Å². The van der Waals surface area contributed by atoms with Crippen molar-refractivity contribution in [1.82, 2.24) is 0 Å². The molecular weight excluding hydrogens is 380 g/mol. The predicted octanol–water partition coefficient (Wildman–Crippen LogP) is 4.67. The van der Waals surface area contributed by atoms with Crippen molar-refractivity contribution in [2.75, 3.05) is 6.54 Å². The van der Waals surface area contributed by atoms with E-state index in [0.717, 1.165) is 5.56 Å². The Kier molecular flexibility index (Phi) is 5.63. The van der Waals surface area contributed by atoms with E-state index in [1.54, 1.807) is 24.3 Å². The van der Waals surface area contributed by atoms with E-state index < -0.39 is 17.8 Å². The molecule has 2 atom stereocenters. The van der Waals surface area contributed by atoms with Crippen LogP contribution in [0.2, 0.25) is 10.0 Å². The van der Waals surface area contributed by atoms with E-state index >= 15 is 0 Å². The minimum absolute atomic E-state index is 0.188. The van der Waals surface area contributed by atoms with Gasteiger partial charge in [0.05, 0.1) is 16.1 Å². The maximum Gasteiger partial charge on any atom is 0.124 e. The largest absolute Gasteiger partial charge is 0.388 e. The first-order valence-electron chi connectivity index (χ1n) is 6.21. The van der Waals surface area contributed by atoms with E-state index in [2.05, 4.69) is 15.9 Å². The number of rotatable bonds is 4. The Morgan fingerprint density at radius 1 is 1.10 bits per heavy atom. The number of aliphatic hydroxyl groups excluding tert-OH is 1. The number of benzene rings is 2. The standard InChI is InChI=1S/C15H13BrCl2FNO/c16-10-3-9(4-11(19)6-10)15(21)12(7-20)8-1-2-13(17)14(18)5-8/h1-6,12,15,21H,7,20H2. The van der Waals surface area contributed by atoms with Gasteiger partial charge in [-0.15, -0.1) is 0 Å². The molecule has 0 bridgehead atoms. The Hall–Kier alpha value is -0.650. The summed E-state index contributed by atoms with van der Waals surface area (Å²) in [5.41, 5.74) is 6.96. The van der Waals surface area contributed by atoms with Crippen molar-refractivity contribution >= 4 is 39.1 Å². The second-order valence-corrected chi connectivity index (χ2v) is 6.39. The molecule has 21 heavy (non-hydrogen) atoms. The zero-order valence-corrected chi connectivity index (χ0v) is 14.0. The highest BCUT2D eigenvalue weighted by Gasteiger charge is 2.23. The maximum absolute atomic E-state index is 13.5. The number of aliphatic hydroxyl groups is 1. The van der Waals surface area contributed by atoms with E-state index in [-0.39, 0.29) is 6.54 Å². The molecule has 0 spiro atoms. The summed E-state index contributed by atoms with van der Waals surface area (Å²) in [6, 6.07) is 9.34. The Morgan fingerprint density at radius 2 is 1.81 bits per heavy atom. The second kappa shape index (κ2) is 7.07. The number of hydrogen-bond donors (Lipinski definition) is 2. The highest BCUT2D eigenvalue weighted by Crippen LogP contribution is 2.34.